The van der Waals surface area contributed by atoms with Crippen molar-refractivity contribution in [2.45, 2.75) is 69.1 Å². The summed E-state index contributed by atoms with van der Waals surface area (Å²) >= 11 is 1.30. The zero-order valence-corrected chi connectivity index (χ0v) is 35.6. The topological polar surface area (TPSA) is 184 Å². The number of carbonyl (C=O) groups excluding carboxylic acids is 4. The molecule has 4 N–H and O–H groups in total. The van der Waals surface area contributed by atoms with Crippen LogP contribution in [0.1, 0.15) is 61.0 Å². The lowest BCUT2D eigenvalue weighted by atomic mass is 9.88. The molecule has 4 aliphatic rings. The van der Waals surface area contributed by atoms with Crippen LogP contribution in [0.15, 0.2) is 72.8 Å². The number of hydrogen-bond acceptors (Lipinski definition) is 13. The van der Waals surface area contributed by atoms with Crippen LogP contribution in [0.3, 0.4) is 0 Å². The molecule has 0 radical (unpaired) electrons. The molecule has 6 aromatic rings. The molecule has 0 bridgehead atoms. The van der Waals surface area contributed by atoms with Crippen LogP contribution in [0.5, 0.6) is 0 Å². The van der Waals surface area contributed by atoms with E-state index in [1.54, 1.807) is 48.5 Å². The Morgan fingerprint density at radius 2 is 1.81 bits per heavy atom. The summed E-state index contributed by atoms with van der Waals surface area (Å²) in [7, 11) is 0. The minimum atomic E-state index is -0.942. The number of pyridine rings is 1. The summed E-state index contributed by atoms with van der Waals surface area (Å²) in [6, 6.07) is 9.90. The summed E-state index contributed by atoms with van der Waals surface area (Å²) in [5.41, 5.74) is 4.25. The molecule has 0 aliphatic carbocycles. The second kappa shape index (κ2) is 17.6. The lowest BCUT2D eigenvalue weighted by Crippen LogP contribution is -2.57. The van der Waals surface area contributed by atoms with E-state index in [2.05, 4.69) is 36.1 Å². The highest BCUT2D eigenvalue weighted by Gasteiger charge is 2.34. The summed E-state index contributed by atoms with van der Waals surface area (Å²) in [4.78, 5) is 69.1. The van der Waals surface area contributed by atoms with E-state index in [4.69, 9.17) is 10.1 Å². The molecular weight excluding hydrogens is 843 g/mol. The van der Waals surface area contributed by atoms with Gasteiger partial charge in [-0.1, -0.05) is 6.07 Å². The van der Waals surface area contributed by atoms with E-state index in [0.717, 1.165) is 25.1 Å². The molecule has 3 amide bonds. The molecular formula is C45H46F2N12O4S. The molecule has 4 aliphatic heterocycles. The number of benzene rings is 2. The number of aromatic nitrogens is 6. The summed E-state index contributed by atoms with van der Waals surface area (Å²) in [5.74, 6) is -1.22. The van der Waals surface area contributed by atoms with Crippen molar-refractivity contribution in [1.29, 1.82) is 0 Å². The van der Waals surface area contributed by atoms with Crippen molar-refractivity contribution in [3.63, 3.8) is 0 Å². The second-order valence-corrected chi connectivity index (χ2v) is 17.7. The van der Waals surface area contributed by atoms with Crippen molar-refractivity contribution in [3.8, 4) is 11.1 Å². The highest BCUT2D eigenvalue weighted by Crippen LogP contribution is 2.34. The fourth-order valence-corrected chi connectivity index (χ4v) is 9.99. The normalized spacial score (nSPS) is 20.0. The number of nitrogens with one attached hydrogen (secondary N) is 4. The third-order valence-corrected chi connectivity index (χ3v) is 13.5. The first kappa shape index (κ1) is 41.6. The number of rotatable bonds is 12. The molecule has 4 aromatic heterocycles. The van der Waals surface area contributed by atoms with Gasteiger partial charge in [-0.2, -0.15) is 5.10 Å². The molecule has 16 nitrogen and oxygen atoms in total. The Morgan fingerprint density at radius 1 is 0.938 bits per heavy atom. The van der Waals surface area contributed by atoms with E-state index in [1.165, 1.54) is 28.2 Å². The van der Waals surface area contributed by atoms with Crippen molar-refractivity contribution in [3.05, 3.63) is 101 Å². The van der Waals surface area contributed by atoms with Crippen molar-refractivity contribution >= 4 is 62.4 Å². The minimum absolute atomic E-state index is 0.00277. The molecule has 64 heavy (non-hydrogen) atoms. The Kier molecular flexibility index (Phi) is 11.4. The van der Waals surface area contributed by atoms with Crippen LogP contribution in [0.25, 0.3) is 22.0 Å². The first-order valence-electron chi connectivity index (χ1n) is 21.7. The number of Topliss-reactive ketones (excluding diaryl/α,β-unsaturated/α-hetero) is 1. The molecule has 2 aromatic carbocycles. The van der Waals surface area contributed by atoms with Crippen molar-refractivity contribution in [2.75, 3.05) is 54.8 Å². The van der Waals surface area contributed by atoms with Crippen LogP contribution < -0.4 is 26.2 Å². The van der Waals surface area contributed by atoms with E-state index in [0.29, 0.717) is 96.5 Å². The summed E-state index contributed by atoms with van der Waals surface area (Å²) < 4.78 is 34.8. The fraction of sp³-hybridized carbons (Fsp3) is 0.378. The third kappa shape index (κ3) is 8.37. The second-order valence-electron chi connectivity index (χ2n) is 16.8. The van der Waals surface area contributed by atoms with Gasteiger partial charge in [-0.25, -0.2) is 23.7 Å². The van der Waals surface area contributed by atoms with Gasteiger partial charge >= 0.3 is 0 Å². The zero-order chi connectivity index (χ0) is 43.9. The van der Waals surface area contributed by atoms with Crippen LogP contribution in [0.4, 0.5) is 25.4 Å². The van der Waals surface area contributed by atoms with Gasteiger partial charge in [-0.05, 0) is 98.6 Å². The predicted octanol–water partition coefficient (Wildman–Crippen LogP) is 4.65. The number of piperidine rings is 2. The van der Waals surface area contributed by atoms with Gasteiger partial charge in [0.05, 0.1) is 29.5 Å². The zero-order valence-electron chi connectivity index (χ0n) is 34.8. The lowest BCUT2D eigenvalue weighted by molar-refractivity contribution is -0.133. The van der Waals surface area contributed by atoms with Crippen molar-refractivity contribution < 1.29 is 28.0 Å². The standard InChI is InChI=1S/C45H46F2N12O4S/c46-32-18-28(19-35-31(32)23-59(55-35)42(44(63)54-45-49-12-17-64-45)41-36-2-1-13-57(36)25-51-41)27-3-7-39(50-21-27)58-16-11-48-22-37(58)38(60)24-56-14-9-26(10-15-56)30-5-4-29(20-33(30)47)52-34-6-8-40(61)53-43(34)62/h3-5,7,12,17-21,23,25-26,34,37,42,48,52H,1-2,6,8-11,13-16,22,24H2,(H,49,54,63)(H,53,61,62)/t34-,37?,42?/m0/s1. The number of fused-ring (bicyclic) bond motifs is 2. The molecule has 3 fully saturated rings. The van der Waals surface area contributed by atoms with Crippen LogP contribution in [-0.2, 0) is 32.1 Å². The van der Waals surface area contributed by atoms with Gasteiger partial charge in [-0.15, -0.1) is 11.3 Å². The van der Waals surface area contributed by atoms with Gasteiger partial charge in [0.15, 0.2) is 17.0 Å². The number of aryl methyl sites for hydroxylation is 1. The average molecular weight is 889 g/mol. The van der Waals surface area contributed by atoms with E-state index >= 15 is 8.78 Å². The number of ketones is 1. The van der Waals surface area contributed by atoms with Gasteiger partial charge in [0.2, 0.25) is 11.8 Å². The number of anilines is 3. The number of hydrogen-bond donors (Lipinski definition) is 4. The maximum Gasteiger partial charge on any atom is 0.257 e. The monoisotopic (exact) mass is 888 g/mol. The number of likely N-dealkylation sites (tertiary alicyclic amines) is 1. The summed E-state index contributed by atoms with van der Waals surface area (Å²) in [6.07, 6.45) is 10.3. The number of piperazine rings is 1. The number of halogens is 2. The van der Waals surface area contributed by atoms with Gasteiger partial charge in [0.25, 0.3) is 5.91 Å². The Labute approximate surface area is 370 Å². The number of imidazole rings is 1. The smallest absolute Gasteiger partial charge is 0.257 e. The lowest BCUT2D eigenvalue weighted by Gasteiger charge is -2.38. The highest BCUT2D eigenvalue weighted by atomic mass is 32.1. The van der Waals surface area contributed by atoms with E-state index < -0.39 is 29.8 Å². The largest absolute Gasteiger partial charge is 0.374 e. The van der Waals surface area contributed by atoms with Crippen LogP contribution in [-0.4, -0.2) is 109 Å². The van der Waals surface area contributed by atoms with Crippen LogP contribution >= 0.6 is 11.3 Å². The maximum atomic E-state index is 15.9. The summed E-state index contributed by atoms with van der Waals surface area (Å²) in [6.45, 7) is 4.09. The van der Waals surface area contributed by atoms with Crippen LogP contribution in [0, 0.1) is 11.6 Å². The van der Waals surface area contributed by atoms with E-state index in [1.807, 2.05) is 21.6 Å². The number of nitrogens with zero attached hydrogens (tertiary/aromatic N) is 8. The average Bonchev–Trinajstić information content (AvgIpc) is 4.13. The summed E-state index contributed by atoms with van der Waals surface area (Å²) in [5, 5.41) is 18.8. The Balaban J connectivity index is 0.794. The fourth-order valence-electron chi connectivity index (χ4n) is 9.46. The Morgan fingerprint density at radius 3 is 2.59 bits per heavy atom. The SMILES string of the molecule is O=C1CC[C@H](Nc2ccc(C3CCN(CC(=O)C4CNCCN4c4ccc(-c5cc(F)c6cn(C(C(=O)Nc7nccs7)c7ncn8c7CCC8)nc6c5)cn4)CC3)c(F)c2)C(=O)N1. The molecule has 19 heteroatoms. The molecule has 10 rings (SSSR count). The number of carbonyl (C=O) groups is 4. The first-order chi connectivity index (χ1) is 31.1. The molecule has 330 valence electrons. The highest BCUT2D eigenvalue weighted by molar-refractivity contribution is 7.13. The van der Waals surface area contributed by atoms with Gasteiger partial charge in [0.1, 0.15) is 29.5 Å². The predicted molar refractivity (Wildman–Crippen MR) is 236 cm³/mol. The molecule has 3 atom stereocenters. The van der Waals surface area contributed by atoms with Crippen LogP contribution in [0.2, 0.25) is 0 Å². The Bertz CT molecular complexity index is 2730. The van der Waals surface area contributed by atoms with Gasteiger partial charge < -0.3 is 20.1 Å². The van der Waals surface area contributed by atoms with Gasteiger partial charge in [-0.3, -0.25) is 39.4 Å². The van der Waals surface area contributed by atoms with E-state index in [-0.39, 0.29) is 47.7 Å². The number of thiazole rings is 1. The maximum absolute atomic E-state index is 15.9. The molecule has 8 heterocycles. The first-order valence-corrected chi connectivity index (χ1v) is 22.5. The molecule has 3 saturated heterocycles. The third-order valence-electron chi connectivity index (χ3n) is 12.8. The minimum Gasteiger partial charge on any atom is -0.374 e. The molecule has 0 spiro atoms. The molecule has 2 unspecified atom stereocenters. The van der Waals surface area contributed by atoms with Crippen molar-refractivity contribution in [2.24, 2.45) is 0 Å². The molecule has 0 saturated carbocycles. The van der Waals surface area contributed by atoms with E-state index in [9.17, 15) is 19.2 Å². The number of amides is 3. The number of imide groups is 1. The van der Waals surface area contributed by atoms with Crippen molar-refractivity contribution in [1.82, 2.24) is 44.8 Å². The Hall–Kier alpha value is -6.44. The van der Waals surface area contributed by atoms with Gasteiger partial charge in [0, 0.05) is 73.5 Å². The quantitative estimate of drug-likeness (QED) is 0.125.